The molecule has 0 N–H and O–H groups in total. The summed E-state index contributed by atoms with van der Waals surface area (Å²) in [5.74, 6) is 0. The van der Waals surface area contributed by atoms with Gasteiger partial charge in [0.2, 0.25) is 0 Å². The smallest absolute Gasteiger partial charge is 0.431 e. The molecule has 1 aromatic carbocycles. The summed E-state index contributed by atoms with van der Waals surface area (Å²) in [6, 6.07) is 9.68. The summed E-state index contributed by atoms with van der Waals surface area (Å²) in [5.41, 5.74) is 1.04. The SMILES string of the molecule is CC/C=N/N1C(=O)OC[C@@H]1c1ccccc1. The Kier molecular flexibility index (Phi) is 3.19. The Labute approximate surface area is 94.5 Å². The quantitative estimate of drug-likeness (QED) is 0.732. The van der Waals surface area contributed by atoms with Gasteiger partial charge in [-0.15, -0.1) is 0 Å². The lowest BCUT2D eigenvalue weighted by Crippen LogP contribution is -2.21. The third-order valence-electron chi connectivity index (χ3n) is 2.42. The predicted octanol–water partition coefficient (Wildman–Crippen LogP) is 2.58. The molecule has 1 saturated heterocycles. The fourth-order valence-corrected chi connectivity index (χ4v) is 1.62. The summed E-state index contributed by atoms with van der Waals surface area (Å²) in [5, 5.41) is 5.52. The first kappa shape index (κ1) is 10.7. The highest BCUT2D eigenvalue weighted by atomic mass is 16.6. The molecule has 1 aliphatic rings. The molecule has 0 bridgehead atoms. The van der Waals surface area contributed by atoms with Crippen LogP contribution in [-0.2, 0) is 4.74 Å². The Morgan fingerprint density at radius 3 is 2.94 bits per heavy atom. The van der Waals surface area contributed by atoms with Crippen LogP contribution in [-0.4, -0.2) is 23.9 Å². The number of carbonyl (C=O) groups excluding carboxylic acids is 1. The zero-order chi connectivity index (χ0) is 11.4. The maximum atomic E-state index is 11.5. The van der Waals surface area contributed by atoms with E-state index in [2.05, 4.69) is 5.10 Å². The zero-order valence-electron chi connectivity index (χ0n) is 9.17. The van der Waals surface area contributed by atoms with Crippen molar-refractivity contribution in [2.75, 3.05) is 6.61 Å². The van der Waals surface area contributed by atoms with Crippen molar-refractivity contribution in [3.05, 3.63) is 35.9 Å². The van der Waals surface area contributed by atoms with Crippen LogP contribution in [0, 0.1) is 0 Å². The molecule has 0 aliphatic carbocycles. The molecule has 4 heteroatoms. The molecule has 2 rings (SSSR count). The van der Waals surface area contributed by atoms with Gasteiger partial charge in [-0.1, -0.05) is 37.3 Å². The average molecular weight is 218 g/mol. The lowest BCUT2D eigenvalue weighted by atomic mass is 10.1. The first-order chi connectivity index (χ1) is 7.83. The first-order valence-corrected chi connectivity index (χ1v) is 5.36. The van der Waals surface area contributed by atoms with Gasteiger partial charge in [-0.25, -0.2) is 4.79 Å². The Bertz CT molecular complexity index is 389. The van der Waals surface area contributed by atoms with Gasteiger partial charge in [-0.2, -0.15) is 10.1 Å². The van der Waals surface area contributed by atoms with E-state index in [4.69, 9.17) is 4.74 Å². The maximum Gasteiger partial charge on any atom is 0.431 e. The van der Waals surface area contributed by atoms with Crippen LogP contribution in [0.4, 0.5) is 4.79 Å². The number of cyclic esters (lactones) is 1. The van der Waals surface area contributed by atoms with Crippen LogP contribution >= 0.6 is 0 Å². The lowest BCUT2D eigenvalue weighted by molar-refractivity contribution is 0.159. The lowest BCUT2D eigenvalue weighted by Gasteiger charge is -2.15. The Morgan fingerprint density at radius 2 is 2.25 bits per heavy atom. The molecular formula is C12H14N2O2. The molecule has 0 radical (unpaired) electrons. The normalized spacial score (nSPS) is 20.4. The number of ether oxygens (including phenoxy) is 1. The maximum absolute atomic E-state index is 11.5. The number of rotatable bonds is 3. The van der Waals surface area contributed by atoms with Gasteiger partial charge in [-0.3, -0.25) is 0 Å². The van der Waals surface area contributed by atoms with E-state index in [1.807, 2.05) is 37.3 Å². The minimum absolute atomic E-state index is 0.100. The molecule has 0 unspecified atom stereocenters. The summed E-state index contributed by atoms with van der Waals surface area (Å²) in [6.07, 6.45) is 2.13. The topological polar surface area (TPSA) is 41.9 Å². The molecule has 0 spiro atoms. The molecule has 16 heavy (non-hydrogen) atoms. The minimum Gasteiger partial charge on any atom is -0.445 e. The molecule has 1 fully saturated rings. The number of benzene rings is 1. The minimum atomic E-state index is -0.376. The van der Waals surface area contributed by atoms with Crippen molar-refractivity contribution in [1.29, 1.82) is 0 Å². The van der Waals surface area contributed by atoms with E-state index in [1.165, 1.54) is 5.01 Å². The fourth-order valence-electron chi connectivity index (χ4n) is 1.62. The van der Waals surface area contributed by atoms with E-state index in [1.54, 1.807) is 6.21 Å². The number of hydrogen-bond acceptors (Lipinski definition) is 3. The molecule has 1 atom stereocenters. The third kappa shape index (κ3) is 2.05. The number of nitrogens with zero attached hydrogens (tertiary/aromatic N) is 2. The average Bonchev–Trinajstić information content (AvgIpc) is 2.69. The van der Waals surface area contributed by atoms with Crippen molar-refractivity contribution in [2.24, 2.45) is 5.10 Å². The van der Waals surface area contributed by atoms with Crippen molar-refractivity contribution < 1.29 is 9.53 Å². The largest absolute Gasteiger partial charge is 0.445 e. The van der Waals surface area contributed by atoms with Crippen LogP contribution in [0.1, 0.15) is 24.9 Å². The Hall–Kier alpha value is -1.84. The Morgan fingerprint density at radius 1 is 1.50 bits per heavy atom. The van der Waals surface area contributed by atoms with Gasteiger partial charge in [0.25, 0.3) is 0 Å². The third-order valence-corrected chi connectivity index (χ3v) is 2.42. The van der Waals surface area contributed by atoms with E-state index in [0.717, 1.165) is 12.0 Å². The highest BCUT2D eigenvalue weighted by Gasteiger charge is 2.33. The van der Waals surface area contributed by atoms with Gasteiger partial charge < -0.3 is 4.74 Å². The van der Waals surface area contributed by atoms with Crippen molar-refractivity contribution in [3.63, 3.8) is 0 Å². The van der Waals surface area contributed by atoms with Gasteiger partial charge in [0.1, 0.15) is 12.6 Å². The van der Waals surface area contributed by atoms with E-state index < -0.39 is 0 Å². The highest BCUT2D eigenvalue weighted by Crippen LogP contribution is 2.27. The van der Waals surface area contributed by atoms with E-state index in [9.17, 15) is 4.79 Å². The molecule has 1 aliphatic heterocycles. The molecule has 84 valence electrons. The molecule has 4 nitrogen and oxygen atoms in total. The molecular weight excluding hydrogens is 204 g/mol. The Balaban J connectivity index is 2.21. The standard InChI is InChI=1S/C12H14N2O2/c1-2-8-13-14-11(9-16-12(14)15)10-6-4-3-5-7-10/h3-8,11H,2,9H2,1H3/b13-8+/t11-/m1/s1. The number of amides is 1. The van der Waals surface area contributed by atoms with E-state index in [0.29, 0.717) is 6.61 Å². The summed E-state index contributed by atoms with van der Waals surface area (Å²) >= 11 is 0. The first-order valence-electron chi connectivity index (χ1n) is 5.36. The summed E-state index contributed by atoms with van der Waals surface area (Å²) < 4.78 is 5.00. The van der Waals surface area contributed by atoms with Crippen LogP contribution in [0.15, 0.2) is 35.4 Å². The van der Waals surface area contributed by atoms with Gasteiger partial charge in [0, 0.05) is 6.21 Å². The van der Waals surface area contributed by atoms with Crippen LogP contribution in [0.3, 0.4) is 0 Å². The summed E-state index contributed by atoms with van der Waals surface area (Å²) in [6.45, 7) is 2.34. The van der Waals surface area contributed by atoms with E-state index in [-0.39, 0.29) is 12.1 Å². The van der Waals surface area contributed by atoms with Gasteiger partial charge in [0.15, 0.2) is 0 Å². The monoisotopic (exact) mass is 218 g/mol. The number of hydrogen-bond donors (Lipinski definition) is 0. The van der Waals surface area contributed by atoms with Gasteiger partial charge in [-0.05, 0) is 12.0 Å². The van der Waals surface area contributed by atoms with E-state index >= 15 is 0 Å². The molecule has 1 amide bonds. The van der Waals surface area contributed by atoms with Crippen molar-refractivity contribution in [2.45, 2.75) is 19.4 Å². The van der Waals surface area contributed by atoms with Crippen LogP contribution in [0.25, 0.3) is 0 Å². The van der Waals surface area contributed by atoms with Crippen LogP contribution < -0.4 is 0 Å². The zero-order valence-corrected chi connectivity index (χ0v) is 9.17. The van der Waals surface area contributed by atoms with Crippen LogP contribution in [0.2, 0.25) is 0 Å². The molecule has 0 aromatic heterocycles. The molecule has 1 aromatic rings. The molecule has 1 heterocycles. The second-order valence-corrected chi connectivity index (χ2v) is 3.55. The fraction of sp³-hybridized carbons (Fsp3) is 0.333. The van der Waals surface area contributed by atoms with Crippen LogP contribution in [0.5, 0.6) is 0 Å². The van der Waals surface area contributed by atoms with Gasteiger partial charge >= 0.3 is 6.09 Å². The molecule has 0 saturated carbocycles. The van der Waals surface area contributed by atoms with Crippen molar-refractivity contribution in [3.8, 4) is 0 Å². The van der Waals surface area contributed by atoms with Gasteiger partial charge in [0.05, 0.1) is 0 Å². The second kappa shape index (κ2) is 4.79. The summed E-state index contributed by atoms with van der Waals surface area (Å²) in [7, 11) is 0. The summed E-state index contributed by atoms with van der Waals surface area (Å²) in [4.78, 5) is 11.5. The van der Waals surface area contributed by atoms with Crippen molar-refractivity contribution >= 4 is 12.3 Å². The predicted molar refractivity (Wildman–Crippen MR) is 61.2 cm³/mol. The number of carbonyl (C=O) groups is 1. The number of hydrazone groups is 1. The highest BCUT2D eigenvalue weighted by molar-refractivity contribution is 5.72. The second-order valence-electron chi connectivity index (χ2n) is 3.55. The van der Waals surface area contributed by atoms with Crippen molar-refractivity contribution in [1.82, 2.24) is 5.01 Å².